The Morgan fingerprint density at radius 1 is 1.00 bits per heavy atom. The monoisotopic (exact) mass is 261 g/mol. The van der Waals surface area contributed by atoms with Gasteiger partial charge in [-0.25, -0.2) is 0 Å². The molecule has 1 unspecified atom stereocenters. The molecule has 1 heterocycles. The lowest BCUT2D eigenvalue weighted by molar-refractivity contribution is -0.142. The van der Waals surface area contributed by atoms with Crippen LogP contribution in [0.25, 0.3) is 0 Å². The molecule has 104 valence electrons. The van der Waals surface area contributed by atoms with Crippen LogP contribution in [-0.2, 0) is 9.59 Å². The summed E-state index contributed by atoms with van der Waals surface area (Å²) in [4.78, 5) is 26.4. The molecule has 0 bridgehead atoms. The summed E-state index contributed by atoms with van der Waals surface area (Å²) in [6, 6.07) is 0.197. The molecule has 3 nitrogen and oxygen atoms in total. The molecule has 2 aliphatic carbocycles. The number of rotatable bonds is 2. The second-order valence-corrected chi connectivity index (χ2v) is 6.18. The highest BCUT2D eigenvalue weighted by Gasteiger charge is 2.43. The Hall–Kier alpha value is -1.12. The van der Waals surface area contributed by atoms with E-state index in [-0.39, 0.29) is 23.8 Å². The van der Waals surface area contributed by atoms with Crippen molar-refractivity contribution in [1.82, 2.24) is 4.90 Å². The van der Waals surface area contributed by atoms with E-state index < -0.39 is 0 Å². The lowest BCUT2D eigenvalue weighted by Gasteiger charge is -2.30. The third-order valence-electron chi connectivity index (χ3n) is 4.90. The highest BCUT2D eigenvalue weighted by atomic mass is 16.2. The van der Waals surface area contributed by atoms with E-state index in [0.29, 0.717) is 6.42 Å². The van der Waals surface area contributed by atoms with E-state index >= 15 is 0 Å². The highest BCUT2D eigenvalue weighted by molar-refractivity contribution is 6.05. The molecule has 1 saturated carbocycles. The van der Waals surface area contributed by atoms with Gasteiger partial charge in [0.15, 0.2) is 0 Å². The summed E-state index contributed by atoms with van der Waals surface area (Å²) in [5, 5.41) is 0. The zero-order chi connectivity index (χ0) is 13.2. The topological polar surface area (TPSA) is 37.4 Å². The van der Waals surface area contributed by atoms with Gasteiger partial charge in [0.25, 0.3) is 0 Å². The molecule has 19 heavy (non-hydrogen) atoms. The van der Waals surface area contributed by atoms with E-state index in [1.165, 1.54) is 24.8 Å². The van der Waals surface area contributed by atoms with Gasteiger partial charge in [0.2, 0.25) is 11.8 Å². The summed E-state index contributed by atoms with van der Waals surface area (Å²) in [7, 11) is 0. The largest absolute Gasteiger partial charge is 0.279 e. The Morgan fingerprint density at radius 2 is 1.79 bits per heavy atom. The molecule has 3 heteroatoms. The highest BCUT2D eigenvalue weighted by Crippen LogP contribution is 2.35. The van der Waals surface area contributed by atoms with Crippen LogP contribution in [0.3, 0.4) is 0 Å². The van der Waals surface area contributed by atoms with Crippen LogP contribution in [0.1, 0.15) is 64.2 Å². The van der Waals surface area contributed by atoms with Crippen molar-refractivity contribution in [3.8, 4) is 0 Å². The van der Waals surface area contributed by atoms with E-state index in [2.05, 4.69) is 6.08 Å². The average molecular weight is 261 g/mol. The molecular weight excluding hydrogens is 238 g/mol. The lowest BCUT2D eigenvalue weighted by atomic mass is 9.88. The van der Waals surface area contributed by atoms with Crippen LogP contribution in [0.5, 0.6) is 0 Å². The van der Waals surface area contributed by atoms with Gasteiger partial charge in [-0.1, -0.05) is 30.9 Å². The van der Waals surface area contributed by atoms with Gasteiger partial charge in [-0.2, -0.15) is 0 Å². The van der Waals surface area contributed by atoms with Gasteiger partial charge >= 0.3 is 0 Å². The van der Waals surface area contributed by atoms with Crippen LogP contribution >= 0.6 is 0 Å². The quantitative estimate of drug-likeness (QED) is 0.565. The fraction of sp³-hybridized carbons (Fsp3) is 0.750. The van der Waals surface area contributed by atoms with Crippen molar-refractivity contribution in [2.45, 2.75) is 70.3 Å². The molecule has 0 radical (unpaired) electrons. The van der Waals surface area contributed by atoms with Gasteiger partial charge in [0.05, 0.1) is 5.92 Å². The third-order valence-corrected chi connectivity index (χ3v) is 4.90. The molecule has 2 amide bonds. The first-order valence-electron chi connectivity index (χ1n) is 7.82. The predicted octanol–water partition coefficient (Wildman–Crippen LogP) is 3.19. The van der Waals surface area contributed by atoms with Crippen molar-refractivity contribution in [2.24, 2.45) is 5.92 Å². The Morgan fingerprint density at radius 3 is 2.47 bits per heavy atom. The first-order valence-corrected chi connectivity index (χ1v) is 7.82. The van der Waals surface area contributed by atoms with Gasteiger partial charge < -0.3 is 0 Å². The first-order chi connectivity index (χ1) is 9.27. The molecule has 1 atom stereocenters. The van der Waals surface area contributed by atoms with Gasteiger partial charge in [0, 0.05) is 12.5 Å². The van der Waals surface area contributed by atoms with E-state index in [1.807, 2.05) is 0 Å². The fourth-order valence-corrected chi connectivity index (χ4v) is 3.84. The van der Waals surface area contributed by atoms with E-state index in [4.69, 9.17) is 0 Å². The molecule has 0 N–H and O–H groups in total. The standard InChI is InChI=1S/C16H23NO2/c18-15-11-14(12-7-3-1-4-8-12)16(19)17(15)13-9-5-2-6-10-13/h7,13-14H,1-6,8-11H2. The average Bonchev–Trinajstić information content (AvgIpc) is 2.76. The number of carbonyl (C=O) groups is 2. The molecule has 0 aromatic heterocycles. The molecule has 1 saturated heterocycles. The zero-order valence-corrected chi connectivity index (χ0v) is 11.6. The predicted molar refractivity (Wildman–Crippen MR) is 73.4 cm³/mol. The van der Waals surface area contributed by atoms with Crippen molar-refractivity contribution >= 4 is 11.8 Å². The Bertz CT molecular complexity index is 407. The van der Waals surface area contributed by atoms with Gasteiger partial charge in [-0.05, 0) is 38.5 Å². The number of likely N-dealkylation sites (tertiary alicyclic amines) is 1. The van der Waals surface area contributed by atoms with Gasteiger partial charge in [0.1, 0.15) is 0 Å². The van der Waals surface area contributed by atoms with Gasteiger partial charge in [-0.3, -0.25) is 14.5 Å². The maximum Gasteiger partial charge on any atom is 0.237 e. The minimum atomic E-state index is -0.116. The van der Waals surface area contributed by atoms with Crippen molar-refractivity contribution in [3.05, 3.63) is 11.6 Å². The number of nitrogens with zero attached hydrogens (tertiary/aromatic N) is 1. The van der Waals surface area contributed by atoms with Crippen molar-refractivity contribution in [2.75, 3.05) is 0 Å². The molecule has 0 spiro atoms. The van der Waals surface area contributed by atoms with Crippen LogP contribution < -0.4 is 0 Å². The Kier molecular flexibility index (Phi) is 3.72. The van der Waals surface area contributed by atoms with Gasteiger partial charge in [-0.15, -0.1) is 0 Å². The number of allylic oxidation sites excluding steroid dienone is 1. The smallest absolute Gasteiger partial charge is 0.237 e. The maximum atomic E-state index is 12.6. The van der Waals surface area contributed by atoms with Crippen LogP contribution in [-0.4, -0.2) is 22.8 Å². The second-order valence-electron chi connectivity index (χ2n) is 6.18. The number of carbonyl (C=O) groups excluding carboxylic acids is 2. The molecular formula is C16H23NO2. The molecule has 0 aromatic carbocycles. The maximum absolute atomic E-state index is 12.6. The number of hydrogen-bond acceptors (Lipinski definition) is 2. The third kappa shape index (κ3) is 2.47. The summed E-state index contributed by atoms with van der Waals surface area (Å²) in [6.07, 6.45) is 12.7. The Labute approximate surface area is 115 Å². The number of amides is 2. The molecule has 0 aromatic rings. The van der Waals surface area contributed by atoms with E-state index in [9.17, 15) is 9.59 Å². The number of imide groups is 1. The van der Waals surface area contributed by atoms with Crippen LogP contribution in [0.15, 0.2) is 11.6 Å². The summed E-state index contributed by atoms with van der Waals surface area (Å²) < 4.78 is 0. The summed E-state index contributed by atoms with van der Waals surface area (Å²) in [6.45, 7) is 0. The fourth-order valence-electron chi connectivity index (χ4n) is 3.84. The summed E-state index contributed by atoms with van der Waals surface area (Å²) in [5.74, 6) is 0.0631. The minimum Gasteiger partial charge on any atom is -0.279 e. The van der Waals surface area contributed by atoms with Crippen molar-refractivity contribution in [1.29, 1.82) is 0 Å². The Balaban J connectivity index is 1.74. The SMILES string of the molecule is O=C1CC(C2=CCCCC2)C(=O)N1C1CCCCC1. The molecule has 3 aliphatic rings. The summed E-state index contributed by atoms with van der Waals surface area (Å²) >= 11 is 0. The lowest BCUT2D eigenvalue weighted by Crippen LogP contribution is -2.41. The second kappa shape index (κ2) is 5.48. The molecule has 2 fully saturated rings. The van der Waals surface area contributed by atoms with Crippen LogP contribution in [0.2, 0.25) is 0 Å². The molecule has 3 rings (SSSR count). The van der Waals surface area contributed by atoms with E-state index in [1.54, 1.807) is 4.90 Å². The van der Waals surface area contributed by atoms with Crippen LogP contribution in [0.4, 0.5) is 0 Å². The summed E-state index contributed by atoms with van der Waals surface area (Å²) in [5.41, 5.74) is 1.24. The first kappa shape index (κ1) is 12.9. The van der Waals surface area contributed by atoms with Crippen molar-refractivity contribution < 1.29 is 9.59 Å². The number of hydrogen-bond donors (Lipinski definition) is 0. The molecule has 1 aliphatic heterocycles. The minimum absolute atomic E-state index is 0.0772. The van der Waals surface area contributed by atoms with Crippen LogP contribution in [0, 0.1) is 5.92 Å². The van der Waals surface area contributed by atoms with Crippen molar-refractivity contribution in [3.63, 3.8) is 0 Å². The normalized spacial score (nSPS) is 29.8. The van der Waals surface area contributed by atoms with E-state index in [0.717, 1.165) is 38.5 Å². The zero-order valence-electron chi connectivity index (χ0n) is 11.6.